The van der Waals surface area contributed by atoms with Crippen molar-refractivity contribution in [3.8, 4) is 11.1 Å². The van der Waals surface area contributed by atoms with Crippen molar-refractivity contribution < 1.29 is 47.1 Å². The van der Waals surface area contributed by atoms with Crippen molar-refractivity contribution >= 4 is 99.5 Å². The fourth-order valence-electron chi connectivity index (χ4n) is 8.66. The van der Waals surface area contributed by atoms with Gasteiger partial charge < -0.3 is 45.2 Å². The first-order valence-corrected chi connectivity index (χ1v) is 27.2. The average molecular weight is 1220 g/mol. The predicted molar refractivity (Wildman–Crippen MR) is 297 cm³/mol. The smallest absolute Gasteiger partial charge is 0.444 e. The molecule has 3 amide bonds. The van der Waals surface area contributed by atoms with E-state index in [4.69, 9.17) is 70.9 Å². The first kappa shape index (κ1) is 59.9. The molecule has 0 spiro atoms. The summed E-state index contributed by atoms with van der Waals surface area (Å²) in [6.45, 7) is 15.5. The number of hydrogen-bond donors (Lipinski definition) is 4. The summed E-state index contributed by atoms with van der Waals surface area (Å²) in [5.41, 5.74) is 9.92. The molecule has 0 aromatic heterocycles. The van der Waals surface area contributed by atoms with Crippen LogP contribution in [0.2, 0.25) is 0 Å². The number of nitrogens with two attached hydrogens (primary N) is 1. The van der Waals surface area contributed by atoms with Crippen molar-refractivity contribution in [3.63, 3.8) is 0 Å². The van der Waals surface area contributed by atoms with Gasteiger partial charge in [0.25, 0.3) is 11.8 Å². The van der Waals surface area contributed by atoms with Crippen LogP contribution in [0.15, 0.2) is 97.1 Å². The lowest BCUT2D eigenvalue weighted by Crippen LogP contribution is -2.50. The standard InChI is InChI=1S/C20H30BNO4.C20H21Cl2FN2O2.C14H15Cl2FINO2/c1-17(2,3)24-16(23)22-20(11-12-20)14-9-8-10-15(13-14)21-25-18(4,5)19(6,7)26-21;21-18(22)19(27)25-16(11-23)17(26)13-6-4-12(5-7-13)14-2-1-3-15(10-14)20(24)8-9-20;1-14(2)19(13(20)12(15)16)10(7-17)11(21-14)8-3-5-9(18)6-4-8/h8-10,13H,11-12H2,1-7H3,(H,22,23);1-7,10,16-18,26H,8-9,11,24H2,(H,25,27);3-6,10-12H,7H2,1-2H3/t;;10-,11?/m..1/s1. The minimum Gasteiger partial charge on any atom is -0.444 e. The third-order valence-electron chi connectivity index (χ3n) is 13.8. The highest BCUT2D eigenvalue weighted by Crippen LogP contribution is 2.47. The van der Waals surface area contributed by atoms with Crippen LogP contribution >= 0.6 is 69.0 Å². The lowest BCUT2D eigenvalue weighted by Gasteiger charge is -2.33. The molecule has 2 aliphatic carbocycles. The van der Waals surface area contributed by atoms with Gasteiger partial charge in [0.15, 0.2) is 9.67 Å². The van der Waals surface area contributed by atoms with Crippen LogP contribution in [0.3, 0.4) is 0 Å². The van der Waals surface area contributed by atoms with Gasteiger partial charge in [-0.3, -0.25) is 9.59 Å². The number of alkyl carbamates (subject to hydrolysis) is 1. The third-order valence-corrected chi connectivity index (χ3v) is 15.3. The molecule has 4 aromatic carbocycles. The first-order valence-electron chi connectivity index (χ1n) is 24.4. The molecular formula is C54H66BCl4F2IN4O8. The zero-order chi connectivity index (χ0) is 54.8. The molecule has 2 aliphatic heterocycles. The number of halogens is 7. The number of hydrogen-bond acceptors (Lipinski definition) is 9. The van der Waals surface area contributed by atoms with Crippen molar-refractivity contribution in [1.29, 1.82) is 0 Å². The van der Waals surface area contributed by atoms with Crippen LogP contribution in [-0.2, 0) is 39.4 Å². The molecule has 5 N–H and O–H groups in total. The molecule has 3 unspecified atom stereocenters. The van der Waals surface area contributed by atoms with Gasteiger partial charge in [0.2, 0.25) is 0 Å². The van der Waals surface area contributed by atoms with E-state index in [1.165, 1.54) is 4.90 Å². The molecule has 4 aromatic rings. The Hall–Kier alpha value is -3.30. The van der Waals surface area contributed by atoms with Crippen LogP contribution in [0.5, 0.6) is 0 Å². The monoisotopic (exact) mass is 1210 g/mol. The van der Waals surface area contributed by atoms with Gasteiger partial charge in [0, 0.05) is 9.11 Å². The molecule has 2 saturated carbocycles. The molecule has 2 saturated heterocycles. The normalized spacial score (nSPS) is 21.4. The Morgan fingerprint density at radius 1 is 0.824 bits per heavy atom. The highest BCUT2D eigenvalue weighted by atomic mass is 127. The van der Waals surface area contributed by atoms with Gasteiger partial charge in [0.1, 0.15) is 36.9 Å². The second kappa shape index (κ2) is 23.7. The summed E-state index contributed by atoms with van der Waals surface area (Å²) in [6, 6.07) is 29.0. The summed E-state index contributed by atoms with van der Waals surface area (Å²) >= 11 is 24.4. The van der Waals surface area contributed by atoms with Crippen LogP contribution in [0.25, 0.3) is 11.1 Å². The van der Waals surface area contributed by atoms with Crippen molar-refractivity contribution in [1.82, 2.24) is 15.5 Å². The van der Waals surface area contributed by atoms with Gasteiger partial charge >= 0.3 is 13.2 Å². The molecule has 12 nitrogen and oxygen atoms in total. The van der Waals surface area contributed by atoms with Crippen molar-refractivity contribution in [3.05, 3.63) is 123 Å². The molecule has 2 heterocycles. The molecule has 8 rings (SSSR count). The summed E-state index contributed by atoms with van der Waals surface area (Å²) < 4.78 is 51.5. The molecule has 20 heteroatoms. The van der Waals surface area contributed by atoms with Crippen LogP contribution < -0.4 is 21.8 Å². The molecule has 4 fully saturated rings. The average Bonchev–Trinajstić information content (AvgIpc) is 4.25. The van der Waals surface area contributed by atoms with Crippen LogP contribution in [0.4, 0.5) is 13.6 Å². The number of carbonyl (C=O) groups is 3. The summed E-state index contributed by atoms with van der Waals surface area (Å²) in [4.78, 5) is 34.7. The van der Waals surface area contributed by atoms with Crippen LogP contribution in [-0.4, -0.2) is 92.7 Å². The SMILES string of the molecule is CC(C)(C)OC(=O)NC1(c2cccc(B3OC(C)(C)C(C)(C)O3)c2)CC1.CC1(C)OC(c2ccc(I)cc2)[C@@H](CF)N1C(=O)C(Cl)Cl.NC1(c2cccc(-c3ccc(C(O)C(CF)NC(=O)C(Cl)Cl)cc3)c2)CC1. The zero-order valence-corrected chi connectivity index (χ0v) is 48.2. The van der Waals surface area contributed by atoms with Crippen LogP contribution in [0, 0.1) is 3.57 Å². The van der Waals surface area contributed by atoms with E-state index >= 15 is 0 Å². The largest absolute Gasteiger partial charge is 0.494 e. The molecule has 0 radical (unpaired) electrons. The van der Waals surface area contributed by atoms with Gasteiger partial charge in [-0.05, 0) is 168 Å². The summed E-state index contributed by atoms with van der Waals surface area (Å²) in [5.74, 6) is -1.29. The summed E-state index contributed by atoms with van der Waals surface area (Å²) in [7, 11) is -0.405. The molecule has 4 aliphatic rings. The number of aliphatic hydroxyl groups excluding tert-OH is 1. The van der Waals surface area contributed by atoms with Crippen molar-refractivity contribution in [2.75, 3.05) is 13.3 Å². The van der Waals surface area contributed by atoms with Gasteiger partial charge in [-0.1, -0.05) is 125 Å². The maximum Gasteiger partial charge on any atom is 0.494 e. The molecular weight excluding hydrogens is 1150 g/mol. The number of aliphatic hydroxyl groups is 1. The van der Waals surface area contributed by atoms with E-state index in [1.807, 2.05) is 121 Å². The number of benzene rings is 4. The van der Waals surface area contributed by atoms with E-state index in [0.717, 1.165) is 62.5 Å². The van der Waals surface area contributed by atoms with Gasteiger partial charge in [0.05, 0.1) is 28.8 Å². The number of amides is 3. The maximum absolute atomic E-state index is 13.6. The zero-order valence-electron chi connectivity index (χ0n) is 43.0. The van der Waals surface area contributed by atoms with E-state index in [2.05, 4.69) is 45.4 Å². The Morgan fingerprint density at radius 2 is 1.41 bits per heavy atom. The Bertz CT molecular complexity index is 2590. The summed E-state index contributed by atoms with van der Waals surface area (Å²) in [6.07, 6.45) is 1.64. The Labute approximate surface area is 467 Å². The number of rotatable bonds is 13. The lowest BCUT2D eigenvalue weighted by molar-refractivity contribution is -0.145. The highest BCUT2D eigenvalue weighted by molar-refractivity contribution is 14.1. The van der Waals surface area contributed by atoms with Crippen molar-refractivity contribution in [2.45, 2.75) is 156 Å². The first-order chi connectivity index (χ1) is 34.4. The quantitative estimate of drug-likeness (QED) is 0.0580. The van der Waals surface area contributed by atoms with Crippen LogP contribution in [0.1, 0.15) is 122 Å². The fourth-order valence-corrected chi connectivity index (χ4v) is 9.36. The fraction of sp³-hybridized carbons (Fsp3) is 0.500. The van der Waals surface area contributed by atoms with E-state index in [9.17, 15) is 28.3 Å². The maximum atomic E-state index is 13.6. The topological polar surface area (TPSA) is 162 Å². The number of ether oxygens (including phenoxy) is 2. The number of nitrogens with zero attached hydrogens (tertiary/aromatic N) is 1. The number of alkyl halides is 6. The predicted octanol–water partition coefficient (Wildman–Crippen LogP) is 11.2. The lowest BCUT2D eigenvalue weighted by atomic mass is 9.77. The molecule has 402 valence electrons. The Kier molecular flexibility index (Phi) is 19.2. The number of nitrogens with one attached hydrogen (secondary N) is 2. The van der Waals surface area contributed by atoms with E-state index in [-0.39, 0.29) is 28.4 Å². The Morgan fingerprint density at radius 3 is 1.92 bits per heavy atom. The molecule has 4 atom stereocenters. The van der Waals surface area contributed by atoms with E-state index in [1.54, 1.807) is 26.0 Å². The number of carbonyl (C=O) groups excluding carboxylic acids is 3. The minimum atomic E-state index is -1.32. The minimum absolute atomic E-state index is 0.207. The highest BCUT2D eigenvalue weighted by Gasteiger charge is 2.54. The van der Waals surface area contributed by atoms with Crippen molar-refractivity contribution in [2.24, 2.45) is 5.73 Å². The summed E-state index contributed by atoms with van der Waals surface area (Å²) in [5, 5.41) is 15.7. The van der Waals surface area contributed by atoms with Gasteiger partial charge in [-0.15, -0.1) is 0 Å². The van der Waals surface area contributed by atoms with E-state index in [0.29, 0.717) is 5.56 Å². The van der Waals surface area contributed by atoms with E-state index < -0.39 is 77.6 Å². The second-order valence-electron chi connectivity index (χ2n) is 21.6. The Balaban J connectivity index is 0.000000182. The molecule has 0 bridgehead atoms. The third kappa shape index (κ3) is 14.6. The van der Waals surface area contributed by atoms with Gasteiger partial charge in [-0.25, -0.2) is 13.6 Å². The van der Waals surface area contributed by atoms with Gasteiger partial charge in [-0.2, -0.15) is 0 Å². The second-order valence-corrected chi connectivity index (χ2v) is 25.0. The molecule has 74 heavy (non-hydrogen) atoms.